The summed E-state index contributed by atoms with van der Waals surface area (Å²) >= 11 is 3.29. The van der Waals surface area contributed by atoms with Crippen molar-refractivity contribution in [2.75, 3.05) is 31.3 Å². The summed E-state index contributed by atoms with van der Waals surface area (Å²) in [6.45, 7) is -0.410. The highest BCUT2D eigenvalue weighted by Crippen LogP contribution is 2.23. The number of benzene rings is 2. The average molecular weight is 470 g/mol. The first-order chi connectivity index (χ1) is 13.2. The molecule has 0 saturated carbocycles. The maximum absolute atomic E-state index is 12.2. The van der Waals surface area contributed by atoms with Crippen LogP contribution in [-0.2, 0) is 14.8 Å². The van der Waals surface area contributed by atoms with Crippen LogP contribution in [0.5, 0.6) is 11.5 Å². The fourth-order valence-corrected chi connectivity index (χ4v) is 3.53. The normalized spacial score (nSPS) is 11.3. The van der Waals surface area contributed by atoms with E-state index in [0.29, 0.717) is 27.2 Å². The van der Waals surface area contributed by atoms with Crippen molar-refractivity contribution in [2.24, 2.45) is 5.10 Å². The Balaban J connectivity index is 2.10. The minimum Gasteiger partial charge on any atom is -0.497 e. The maximum atomic E-state index is 12.2. The van der Waals surface area contributed by atoms with Crippen LogP contribution in [0.25, 0.3) is 0 Å². The number of hydrogen-bond donors (Lipinski definition) is 1. The number of ether oxygens (including phenoxy) is 2. The zero-order chi connectivity index (χ0) is 20.7. The summed E-state index contributed by atoms with van der Waals surface area (Å²) in [5.41, 5.74) is 3.31. The molecule has 0 atom stereocenters. The van der Waals surface area contributed by atoms with Crippen molar-refractivity contribution in [2.45, 2.75) is 0 Å². The molecule has 0 fully saturated rings. The molecule has 0 aliphatic carbocycles. The number of rotatable bonds is 8. The minimum absolute atomic E-state index is 0.368. The summed E-state index contributed by atoms with van der Waals surface area (Å²) < 4.78 is 36.2. The Labute approximate surface area is 172 Å². The zero-order valence-corrected chi connectivity index (χ0v) is 18.0. The molecular weight excluding hydrogens is 450 g/mol. The molecule has 2 aromatic carbocycles. The van der Waals surface area contributed by atoms with Gasteiger partial charge >= 0.3 is 0 Å². The highest BCUT2D eigenvalue weighted by atomic mass is 79.9. The van der Waals surface area contributed by atoms with E-state index in [1.54, 1.807) is 49.6 Å². The lowest BCUT2D eigenvalue weighted by Crippen LogP contribution is -2.39. The predicted molar refractivity (Wildman–Crippen MR) is 112 cm³/mol. The molecule has 0 aliphatic rings. The molecule has 10 heteroatoms. The first-order valence-electron chi connectivity index (χ1n) is 8.02. The second-order valence-electron chi connectivity index (χ2n) is 5.65. The van der Waals surface area contributed by atoms with Gasteiger partial charge in [-0.1, -0.05) is 22.0 Å². The summed E-state index contributed by atoms with van der Waals surface area (Å²) in [4.78, 5) is 12.2. The van der Waals surface area contributed by atoms with Crippen LogP contribution in [0.3, 0.4) is 0 Å². The van der Waals surface area contributed by atoms with Crippen molar-refractivity contribution in [3.05, 3.63) is 52.5 Å². The van der Waals surface area contributed by atoms with E-state index in [0.717, 1.165) is 10.6 Å². The number of nitrogens with one attached hydrogen (secondary N) is 1. The Morgan fingerprint density at radius 2 is 1.96 bits per heavy atom. The molecule has 8 nitrogen and oxygen atoms in total. The van der Waals surface area contributed by atoms with Crippen LogP contribution in [0.2, 0.25) is 0 Å². The first kappa shape index (κ1) is 21.7. The quantitative estimate of drug-likeness (QED) is 0.472. The fraction of sp³-hybridized carbons (Fsp3) is 0.222. The van der Waals surface area contributed by atoms with Crippen LogP contribution < -0.4 is 19.2 Å². The monoisotopic (exact) mass is 469 g/mol. The van der Waals surface area contributed by atoms with Crippen molar-refractivity contribution in [3.63, 3.8) is 0 Å². The molecule has 1 N–H and O–H groups in total. The van der Waals surface area contributed by atoms with Gasteiger partial charge in [0.1, 0.15) is 18.0 Å². The van der Waals surface area contributed by atoms with Crippen LogP contribution in [0.1, 0.15) is 5.56 Å². The van der Waals surface area contributed by atoms with Gasteiger partial charge in [0, 0.05) is 16.1 Å². The second kappa shape index (κ2) is 9.56. The fourth-order valence-electron chi connectivity index (χ4n) is 2.30. The van der Waals surface area contributed by atoms with Gasteiger partial charge in [-0.15, -0.1) is 0 Å². The molecule has 2 rings (SSSR count). The molecule has 28 heavy (non-hydrogen) atoms. The Kier molecular flexibility index (Phi) is 7.41. The Bertz CT molecular complexity index is 979. The van der Waals surface area contributed by atoms with Gasteiger partial charge in [-0.05, 0) is 30.3 Å². The molecule has 0 unspecified atom stereocenters. The van der Waals surface area contributed by atoms with E-state index in [2.05, 4.69) is 26.5 Å². The molecule has 0 radical (unpaired) electrons. The van der Waals surface area contributed by atoms with E-state index in [4.69, 9.17) is 9.47 Å². The summed E-state index contributed by atoms with van der Waals surface area (Å²) in [6, 6.07) is 11.8. The number of anilines is 1. The predicted octanol–water partition coefficient (Wildman–Crippen LogP) is 2.38. The molecule has 0 saturated heterocycles. The van der Waals surface area contributed by atoms with Gasteiger partial charge in [-0.25, -0.2) is 13.8 Å². The number of nitrogens with zero attached hydrogens (tertiary/aromatic N) is 2. The van der Waals surface area contributed by atoms with Crippen LogP contribution in [0.15, 0.2) is 52.0 Å². The Morgan fingerprint density at radius 1 is 1.21 bits per heavy atom. The van der Waals surface area contributed by atoms with Gasteiger partial charge in [0.05, 0.1) is 32.4 Å². The van der Waals surface area contributed by atoms with Gasteiger partial charge in [0.15, 0.2) is 0 Å². The van der Waals surface area contributed by atoms with Crippen molar-refractivity contribution in [1.29, 1.82) is 0 Å². The Morgan fingerprint density at radius 3 is 2.57 bits per heavy atom. The summed E-state index contributed by atoms with van der Waals surface area (Å²) in [7, 11) is -0.610. The Hall–Kier alpha value is -2.59. The number of sulfonamides is 1. The van der Waals surface area contributed by atoms with Crippen LogP contribution in [0.4, 0.5) is 5.69 Å². The summed E-state index contributed by atoms with van der Waals surface area (Å²) in [5.74, 6) is 0.550. The standard InChI is InChI=1S/C18H20BrN3O5S/c1-26-16-8-7-13(17(10-16)27-2)11-20-21-18(23)12-22(28(3,24)25)15-6-4-5-14(19)9-15/h4-11H,12H2,1-3H3,(H,21,23)/b20-11+. The van der Waals surface area contributed by atoms with Gasteiger partial charge in [-0.2, -0.15) is 5.10 Å². The lowest BCUT2D eigenvalue weighted by atomic mass is 10.2. The topological polar surface area (TPSA) is 97.3 Å². The SMILES string of the molecule is COc1ccc(/C=N/NC(=O)CN(c2cccc(Br)c2)S(C)(=O)=O)c(OC)c1. The van der Waals surface area contributed by atoms with Crippen LogP contribution >= 0.6 is 15.9 Å². The zero-order valence-electron chi connectivity index (χ0n) is 15.5. The first-order valence-corrected chi connectivity index (χ1v) is 10.7. The van der Waals surface area contributed by atoms with Crippen molar-refractivity contribution < 1.29 is 22.7 Å². The summed E-state index contributed by atoms with van der Waals surface area (Å²) in [6.07, 6.45) is 2.44. The van der Waals surface area contributed by atoms with Crippen molar-refractivity contribution in [3.8, 4) is 11.5 Å². The molecule has 0 spiro atoms. The average Bonchev–Trinajstić information content (AvgIpc) is 2.65. The number of hydrazone groups is 1. The lowest BCUT2D eigenvalue weighted by molar-refractivity contribution is -0.119. The van der Waals surface area contributed by atoms with E-state index >= 15 is 0 Å². The second-order valence-corrected chi connectivity index (χ2v) is 8.47. The van der Waals surface area contributed by atoms with E-state index in [-0.39, 0.29) is 0 Å². The molecule has 0 aliphatic heterocycles. The van der Waals surface area contributed by atoms with E-state index in [9.17, 15) is 13.2 Å². The number of methoxy groups -OCH3 is 2. The largest absolute Gasteiger partial charge is 0.497 e. The maximum Gasteiger partial charge on any atom is 0.260 e. The van der Waals surface area contributed by atoms with E-state index in [1.807, 2.05) is 0 Å². The van der Waals surface area contributed by atoms with Gasteiger partial charge in [0.25, 0.3) is 5.91 Å². The summed E-state index contributed by atoms with van der Waals surface area (Å²) in [5, 5.41) is 3.88. The smallest absolute Gasteiger partial charge is 0.260 e. The molecule has 0 aromatic heterocycles. The van der Waals surface area contributed by atoms with Crippen LogP contribution in [0, 0.1) is 0 Å². The molecule has 0 bridgehead atoms. The number of halogens is 1. The van der Waals surface area contributed by atoms with Gasteiger partial charge in [0.2, 0.25) is 10.0 Å². The third-order valence-electron chi connectivity index (χ3n) is 3.62. The number of amides is 1. The molecule has 150 valence electrons. The molecule has 1 amide bonds. The minimum atomic E-state index is -3.66. The highest BCUT2D eigenvalue weighted by Gasteiger charge is 2.20. The molecule has 2 aromatic rings. The third kappa shape index (κ3) is 5.96. The third-order valence-corrected chi connectivity index (χ3v) is 5.25. The van der Waals surface area contributed by atoms with Gasteiger partial charge in [-0.3, -0.25) is 9.10 Å². The highest BCUT2D eigenvalue weighted by molar-refractivity contribution is 9.10. The van der Waals surface area contributed by atoms with Crippen molar-refractivity contribution in [1.82, 2.24) is 5.43 Å². The number of carbonyl (C=O) groups is 1. The lowest BCUT2D eigenvalue weighted by Gasteiger charge is -2.21. The van der Waals surface area contributed by atoms with E-state index in [1.165, 1.54) is 13.3 Å². The number of carbonyl (C=O) groups excluding carboxylic acids is 1. The van der Waals surface area contributed by atoms with Crippen molar-refractivity contribution >= 4 is 43.8 Å². The van der Waals surface area contributed by atoms with Gasteiger partial charge < -0.3 is 9.47 Å². The van der Waals surface area contributed by atoms with E-state index < -0.39 is 22.5 Å². The van der Waals surface area contributed by atoms with Crippen LogP contribution in [-0.4, -0.2) is 47.6 Å². The molecular formula is C18H20BrN3O5S. The number of hydrogen-bond acceptors (Lipinski definition) is 6. The molecule has 0 heterocycles.